The maximum atomic E-state index is 5.38. The molecule has 1 saturated heterocycles. The smallest absolute Gasteiger partial charge is 0.131 e. The fourth-order valence-corrected chi connectivity index (χ4v) is 1.93. The summed E-state index contributed by atoms with van der Waals surface area (Å²) in [7, 11) is 0. The highest BCUT2D eigenvalue weighted by Crippen LogP contribution is 2.17. The SMILES string of the molecule is Brc1ccoc1CN[C@@H]1CCCOC1. The molecular formula is C10H14BrNO2. The standard InChI is InChI=1S/C10H14BrNO2/c11-9-3-5-14-10(9)6-12-8-2-1-4-13-7-8/h3,5,8,12H,1-2,4,6-7H2/t8-/m1/s1. The van der Waals surface area contributed by atoms with Crippen LogP contribution >= 0.6 is 15.9 Å². The Kier molecular flexibility index (Phi) is 3.61. The molecule has 0 amide bonds. The third kappa shape index (κ3) is 2.59. The number of hydrogen-bond donors (Lipinski definition) is 1. The highest BCUT2D eigenvalue weighted by Gasteiger charge is 2.14. The van der Waals surface area contributed by atoms with E-state index in [1.165, 1.54) is 6.42 Å². The lowest BCUT2D eigenvalue weighted by Gasteiger charge is -2.22. The van der Waals surface area contributed by atoms with Gasteiger partial charge in [-0.25, -0.2) is 0 Å². The lowest BCUT2D eigenvalue weighted by Crippen LogP contribution is -2.36. The van der Waals surface area contributed by atoms with Gasteiger partial charge in [-0.2, -0.15) is 0 Å². The highest BCUT2D eigenvalue weighted by molar-refractivity contribution is 9.10. The maximum absolute atomic E-state index is 5.38. The first-order valence-corrected chi connectivity index (χ1v) is 5.68. The second-order valence-corrected chi connectivity index (χ2v) is 4.34. The van der Waals surface area contributed by atoms with E-state index in [-0.39, 0.29) is 0 Å². The fraction of sp³-hybridized carbons (Fsp3) is 0.600. The molecule has 3 nitrogen and oxygen atoms in total. The predicted octanol–water partition coefficient (Wildman–Crippen LogP) is 2.31. The molecule has 78 valence electrons. The summed E-state index contributed by atoms with van der Waals surface area (Å²) in [5, 5.41) is 3.42. The summed E-state index contributed by atoms with van der Waals surface area (Å²) in [5.41, 5.74) is 0. The Morgan fingerprint density at radius 1 is 1.57 bits per heavy atom. The normalized spacial score (nSPS) is 22.5. The first-order chi connectivity index (χ1) is 6.86. The molecule has 0 unspecified atom stereocenters. The zero-order valence-electron chi connectivity index (χ0n) is 7.96. The molecule has 0 aromatic carbocycles. The second-order valence-electron chi connectivity index (χ2n) is 3.49. The number of rotatable bonds is 3. The van der Waals surface area contributed by atoms with Crippen LogP contribution in [0.2, 0.25) is 0 Å². The average Bonchev–Trinajstić information content (AvgIpc) is 2.63. The minimum atomic E-state index is 0.473. The van der Waals surface area contributed by atoms with E-state index in [2.05, 4.69) is 21.2 Å². The fourth-order valence-electron chi connectivity index (χ4n) is 1.59. The van der Waals surface area contributed by atoms with Crippen LogP contribution in [0.5, 0.6) is 0 Å². The van der Waals surface area contributed by atoms with Gasteiger partial charge in [0.2, 0.25) is 0 Å². The molecule has 1 fully saturated rings. The summed E-state index contributed by atoms with van der Waals surface area (Å²) in [6.07, 6.45) is 4.04. The average molecular weight is 260 g/mol. The Bertz CT molecular complexity index is 281. The van der Waals surface area contributed by atoms with Crippen LogP contribution in [0, 0.1) is 0 Å². The van der Waals surface area contributed by atoms with E-state index in [0.29, 0.717) is 6.04 Å². The second kappa shape index (κ2) is 4.96. The van der Waals surface area contributed by atoms with Gasteiger partial charge in [-0.1, -0.05) is 0 Å². The molecule has 1 N–H and O–H groups in total. The zero-order valence-corrected chi connectivity index (χ0v) is 9.55. The Labute approximate surface area is 91.9 Å². The Morgan fingerprint density at radius 2 is 2.50 bits per heavy atom. The molecule has 14 heavy (non-hydrogen) atoms. The lowest BCUT2D eigenvalue weighted by molar-refractivity contribution is 0.0693. The van der Waals surface area contributed by atoms with E-state index >= 15 is 0 Å². The summed E-state index contributed by atoms with van der Waals surface area (Å²) >= 11 is 3.43. The van der Waals surface area contributed by atoms with Gasteiger partial charge in [0.15, 0.2) is 0 Å². The van der Waals surface area contributed by atoms with E-state index in [1.54, 1.807) is 6.26 Å². The maximum Gasteiger partial charge on any atom is 0.131 e. The van der Waals surface area contributed by atoms with Crippen LogP contribution in [-0.2, 0) is 11.3 Å². The quantitative estimate of drug-likeness (QED) is 0.905. The van der Waals surface area contributed by atoms with Crippen molar-refractivity contribution in [3.63, 3.8) is 0 Å². The summed E-state index contributed by atoms with van der Waals surface area (Å²) in [6, 6.07) is 2.38. The molecule has 0 radical (unpaired) electrons. The monoisotopic (exact) mass is 259 g/mol. The number of nitrogens with one attached hydrogen (secondary N) is 1. The summed E-state index contributed by atoms with van der Waals surface area (Å²) in [6.45, 7) is 2.49. The van der Waals surface area contributed by atoms with Crippen LogP contribution in [0.25, 0.3) is 0 Å². The van der Waals surface area contributed by atoms with Crippen LogP contribution in [0.15, 0.2) is 21.2 Å². The zero-order chi connectivity index (χ0) is 9.80. The largest absolute Gasteiger partial charge is 0.467 e. The van der Waals surface area contributed by atoms with Crippen LogP contribution in [0.4, 0.5) is 0 Å². The minimum absolute atomic E-state index is 0.473. The van der Waals surface area contributed by atoms with Crippen molar-refractivity contribution in [3.8, 4) is 0 Å². The van der Waals surface area contributed by atoms with Crippen LogP contribution in [-0.4, -0.2) is 19.3 Å². The van der Waals surface area contributed by atoms with Gasteiger partial charge in [-0.3, -0.25) is 0 Å². The van der Waals surface area contributed by atoms with Crippen molar-refractivity contribution in [3.05, 3.63) is 22.6 Å². The number of furan rings is 1. The van der Waals surface area contributed by atoms with Gasteiger partial charge in [0.25, 0.3) is 0 Å². The molecular weight excluding hydrogens is 246 g/mol. The Balaban J connectivity index is 1.79. The molecule has 1 aliphatic heterocycles. The third-order valence-corrected chi connectivity index (χ3v) is 3.11. The third-order valence-electron chi connectivity index (χ3n) is 2.40. The lowest BCUT2D eigenvalue weighted by atomic mass is 10.1. The Morgan fingerprint density at radius 3 is 3.14 bits per heavy atom. The van der Waals surface area contributed by atoms with Crippen molar-refractivity contribution in [2.45, 2.75) is 25.4 Å². The van der Waals surface area contributed by atoms with Gasteiger partial charge in [0.05, 0.1) is 23.9 Å². The Hall–Kier alpha value is -0.320. The van der Waals surface area contributed by atoms with Crippen molar-refractivity contribution in [2.75, 3.05) is 13.2 Å². The predicted molar refractivity (Wildman–Crippen MR) is 57.1 cm³/mol. The van der Waals surface area contributed by atoms with Gasteiger partial charge in [-0.15, -0.1) is 0 Å². The number of halogens is 1. The molecule has 1 atom stereocenters. The van der Waals surface area contributed by atoms with Gasteiger partial charge >= 0.3 is 0 Å². The van der Waals surface area contributed by atoms with Gasteiger partial charge < -0.3 is 14.5 Å². The van der Waals surface area contributed by atoms with Gasteiger partial charge in [0, 0.05) is 12.6 Å². The molecule has 4 heteroatoms. The van der Waals surface area contributed by atoms with Crippen LogP contribution < -0.4 is 5.32 Å². The van der Waals surface area contributed by atoms with E-state index < -0.39 is 0 Å². The minimum Gasteiger partial charge on any atom is -0.467 e. The molecule has 2 heterocycles. The highest BCUT2D eigenvalue weighted by atomic mass is 79.9. The summed E-state index contributed by atoms with van der Waals surface area (Å²) in [4.78, 5) is 0. The van der Waals surface area contributed by atoms with E-state index in [0.717, 1.165) is 36.4 Å². The molecule has 1 aromatic rings. The van der Waals surface area contributed by atoms with Crippen LogP contribution in [0.1, 0.15) is 18.6 Å². The topological polar surface area (TPSA) is 34.4 Å². The molecule has 0 aliphatic carbocycles. The van der Waals surface area contributed by atoms with E-state index in [9.17, 15) is 0 Å². The summed E-state index contributed by atoms with van der Waals surface area (Å²) < 4.78 is 11.7. The van der Waals surface area contributed by atoms with Crippen molar-refractivity contribution < 1.29 is 9.15 Å². The molecule has 0 spiro atoms. The number of ether oxygens (including phenoxy) is 1. The van der Waals surface area contributed by atoms with Crippen molar-refractivity contribution >= 4 is 15.9 Å². The first-order valence-electron chi connectivity index (χ1n) is 4.89. The molecule has 1 aromatic heterocycles. The van der Waals surface area contributed by atoms with Crippen molar-refractivity contribution in [2.24, 2.45) is 0 Å². The van der Waals surface area contributed by atoms with Gasteiger partial charge in [0.1, 0.15) is 5.76 Å². The number of hydrogen-bond acceptors (Lipinski definition) is 3. The first kappa shape index (κ1) is 10.2. The molecule has 1 aliphatic rings. The van der Waals surface area contributed by atoms with Crippen molar-refractivity contribution in [1.29, 1.82) is 0 Å². The van der Waals surface area contributed by atoms with E-state index in [1.807, 2.05) is 6.07 Å². The van der Waals surface area contributed by atoms with Crippen LogP contribution in [0.3, 0.4) is 0 Å². The molecule has 0 bridgehead atoms. The van der Waals surface area contributed by atoms with Gasteiger partial charge in [-0.05, 0) is 34.8 Å². The summed E-state index contributed by atoms with van der Waals surface area (Å²) in [5.74, 6) is 0.954. The van der Waals surface area contributed by atoms with Crippen molar-refractivity contribution in [1.82, 2.24) is 5.32 Å². The molecule has 0 saturated carbocycles. The van der Waals surface area contributed by atoms with E-state index in [4.69, 9.17) is 9.15 Å². The molecule has 2 rings (SSSR count).